The molecule has 3 aromatic carbocycles. The first-order valence-electron chi connectivity index (χ1n) is 10.1. The topological polar surface area (TPSA) is 69.6 Å². The largest absolute Gasteiger partial charge is 0.506 e. The van der Waals surface area contributed by atoms with E-state index in [9.17, 15) is 23.8 Å². The quantitative estimate of drug-likeness (QED) is 0.351. The van der Waals surface area contributed by atoms with E-state index in [-0.39, 0.29) is 23.2 Å². The lowest BCUT2D eigenvalue weighted by atomic mass is 9.93. The van der Waals surface area contributed by atoms with Crippen molar-refractivity contribution < 1.29 is 23.8 Å². The van der Waals surface area contributed by atoms with Crippen LogP contribution < -0.4 is 5.32 Å². The number of aliphatic hydroxyl groups excluding tert-OH is 2. The zero-order chi connectivity index (χ0) is 22.6. The Morgan fingerprint density at radius 3 is 2.34 bits per heavy atom. The predicted octanol–water partition coefficient (Wildman–Crippen LogP) is 5.69. The van der Waals surface area contributed by atoms with Gasteiger partial charge in [-0.25, -0.2) is 8.78 Å². The number of benzene rings is 3. The molecule has 0 bridgehead atoms. The maximum absolute atomic E-state index is 13.7. The molecular weight excluding hydrogens is 436 g/mol. The van der Waals surface area contributed by atoms with Gasteiger partial charge in [0.15, 0.2) is 11.6 Å². The number of rotatable bonds is 4. The fraction of sp³-hybridized carbons (Fsp3) is 0.160. The van der Waals surface area contributed by atoms with E-state index in [4.69, 9.17) is 11.6 Å². The van der Waals surface area contributed by atoms with E-state index in [1.165, 1.54) is 6.07 Å². The molecule has 32 heavy (non-hydrogen) atoms. The maximum Gasteiger partial charge on any atom is 0.260 e. The van der Waals surface area contributed by atoms with Crippen molar-refractivity contribution >= 4 is 34.5 Å². The molecule has 4 nitrogen and oxygen atoms in total. The summed E-state index contributed by atoms with van der Waals surface area (Å²) in [7, 11) is 0. The summed E-state index contributed by atoms with van der Waals surface area (Å²) in [4.78, 5) is 12.6. The number of carbonyl (C=O) groups is 1. The van der Waals surface area contributed by atoms with Gasteiger partial charge in [0.1, 0.15) is 5.76 Å². The third-order valence-corrected chi connectivity index (χ3v) is 6.56. The van der Waals surface area contributed by atoms with E-state index in [0.29, 0.717) is 21.8 Å². The second-order valence-corrected chi connectivity index (χ2v) is 8.61. The molecule has 1 fully saturated rings. The first-order chi connectivity index (χ1) is 15.3. The number of hydrogen-bond donors (Lipinski definition) is 3. The van der Waals surface area contributed by atoms with E-state index in [0.717, 1.165) is 36.1 Å². The number of carbonyl (C=O) groups excluding carboxylic acids is 1. The standard InChI is InChI=1S/C25H18ClF2NO3/c26-18-11-21-17(10-16(18)13-1-4-15(5-2-13)25(12-30)7-8-25)22(24(32)29-21)23(31)14-3-6-19(27)20(28)9-14/h1-6,9-11,30-31H,7-8,12H2,(H,29,32). The first-order valence-corrected chi connectivity index (χ1v) is 10.5. The molecule has 1 aliphatic heterocycles. The Morgan fingerprint density at radius 1 is 1.00 bits per heavy atom. The highest BCUT2D eigenvalue weighted by Gasteiger charge is 2.43. The van der Waals surface area contributed by atoms with Crippen molar-refractivity contribution in [3.8, 4) is 11.1 Å². The van der Waals surface area contributed by atoms with Gasteiger partial charge in [-0.15, -0.1) is 0 Å². The molecule has 0 spiro atoms. The Bertz CT molecular complexity index is 1300. The highest BCUT2D eigenvalue weighted by molar-refractivity contribution is 6.38. The fourth-order valence-electron chi connectivity index (χ4n) is 4.13. The molecule has 0 radical (unpaired) electrons. The first kappa shape index (κ1) is 20.7. The molecule has 3 N–H and O–H groups in total. The highest BCUT2D eigenvalue weighted by Crippen LogP contribution is 2.48. The normalized spacial score (nSPS) is 17.7. The Morgan fingerprint density at radius 2 is 1.72 bits per heavy atom. The summed E-state index contributed by atoms with van der Waals surface area (Å²) in [5.74, 6) is -3.19. The number of hydrogen-bond acceptors (Lipinski definition) is 3. The fourth-order valence-corrected chi connectivity index (χ4v) is 4.40. The molecule has 1 aliphatic carbocycles. The van der Waals surface area contributed by atoms with Crippen molar-refractivity contribution in [3.63, 3.8) is 0 Å². The van der Waals surface area contributed by atoms with Crippen LogP contribution in [-0.2, 0) is 10.2 Å². The lowest BCUT2D eigenvalue weighted by molar-refractivity contribution is -0.110. The molecular formula is C25H18ClF2NO3. The summed E-state index contributed by atoms with van der Waals surface area (Å²) < 4.78 is 27.0. The third-order valence-electron chi connectivity index (χ3n) is 6.25. The summed E-state index contributed by atoms with van der Waals surface area (Å²) in [6, 6.07) is 14.0. The van der Waals surface area contributed by atoms with Crippen molar-refractivity contribution in [1.29, 1.82) is 0 Å². The second kappa shape index (κ2) is 7.43. The van der Waals surface area contributed by atoms with Crippen LogP contribution >= 0.6 is 11.6 Å². The zero-order valence-corrected chi connectivity index (χ0v) is 17.5. The van der Waals surface area contributed by atoms with Crippen LogP contribution in [0.1, 0.15) is 29.5 Å². The molecule has 0 aromatic heterocycles. The number of nitrogens with one attached hydrogen (secondary N) is 1. The van der Waals surface area contributed by atoms with Crippen molar-refractivity contribution in [2.75, 3.05) is 11.9 Å². The number of aliphatic hydroxyl groups is 2. The molecule has 0 saturated heterocycles. The molecule has 162 valence electrons. The van der Waals surface area contributed by atoms with E-state index in [2.05, 4.69) is 5.32 Å². The molecule has 0 atom stereocenters. The van der Waals surface area contributed by atoms with Gasteiger partial charge in [-0.05, 0) is 54.3 Å². The summed E-state index contributed by atoms with van der Waals surface area (Å²) in [5, 5.41) is 23.4. The van der Waals surface area contributed by atoms with Gasteiger partial charge in [-0.2, -0.15) is 0 Å². The van der Waals surface area contributed by atoms with Crippen LogP contribution in [0.15, 0.2) is 54.6 Å². The Labute approximate surface area is 187 Å². The van der Waals surface area contributed by atoms with Crippen LogP contribution in [0.3, 0.4) is 0 Å². The number of anilines is 1. The SMILES string of the molecule is O=C1Nc2cc(Cl)c(-c3ccc(C4(CO)CC4)cc3)cc2C1=C(O)c1ccc(F)c(F)c1. The smallest absolute Gasteiger partial charge is 0.260 e. The predicted molar refractivity (Wildman–Crippen MR) is 119 cm³/mol. The third kappa shape index (κ3) is 3.27. The van der Waals surface area contributed by atoms with Gasteiger partial charge >= 0.3 is 0 Å². The monoisotopic (exact) mass is 453 g/mol. The zero-order valence-electron chi connectivity index (χ0n) is 16.8. The Kier molecular flexibility index (Phi) is 4.80. The second-order valence-electron chi connectivity index (χ2n) is 8.20. The van der Waals surface area contributed by atoms with Gasteiger partial charge in [0.25, 0.3) is 5.91 Å². The average molecular weight is 454 g/mol. The molecule has 5 rings (SSSR count). The van der Waals surface area contributed by atoms with Crippen molar-refractivity contribution in [2.24, 2.45) is 0 Å². The molecule has 7 heteroatoms. The Balaban J connectivity index is 1.59. The van der Waals surface area contributed by atoms with E-state index in [1.807, 2.05) is 24.3 Å². The summed E-state index contributed by atoms with van der Waals surface area (Å²) in [5.41, 5.74) is 3.15. The minimum absolute atomic E-state index is 0.0125. The lowest BCUT2D eigenvalue weighted by Gasteiger charge is -2.14. The molecule has 1 saturated carbocycles. The summed E-state index contributed by atoms with van der Waals surface area (Å²) >= 11 is 6.48. The van der Waals surface area contributed by atoms with Crippen LogP contribution in [0.25, 0.3) is 22.5 Å². The van der Waals surface area contributed by atoms with Crippen LogP contribution in [0, 0.1) is 11.6 Å². The highest BCUT2D eigenvalue weighted by atomic mass is 35.5. The van der Waals surface area contributed by atoms with Gasteiger partial charge in [-0.1, -0.05) is 35.9 Å². The Hall–Kier alpha value is -3.22. The lowest BCUT2D eigenvalue weighted by Crippen LogP contribution is -2.11. The van der Waals surface area contributed by atoms with E-state index in [1.54, 1.807) is 12.1 Å². The van der Waals surface area contributed by atoms with Gasteiger partial charge in [0.2, 0.25) is 0 Å². The minimum atomic E-state index is -1.12. The molecule has 1 amide bonds. The summed E-state index contributed by atoms with van der Waals surface area (Å²) in [6.45, 7) is 0.108. The molecule has 0 unspecified atom stereocenters. The van der Waals surface area contributed by atoms with Crippen LogP contribution in [0.4, 0.5) is 14.5 Å². The summed E-state index contributed by atoms with van der Waals surface area (Å²) in [6.07, 6.45) is 1.90. The molecule has 2 aliphatic rings. The van der Waals surface area contributed by atoms with Crippen molar-refractivity contribution in [1.82, 2.24) is 0 Å². The molecule has 3 aromatic rings. The van der Waals surface area contributed by atoms with Gasteiger partial charge < -0.3 is 15.5 Å². The van der Waals surface area contributed by atoms with Crippen molar-refractivity contribution in [2.45, 2.75) is 18.3 Å². The number of halogens is 3. The number of amides is 1. The molecule has 1 heterocycles. The van der Waals surface area contributed by atoms with Crippen LogP contribution in [0.5, 0.6) is 0 Å². The minimum Gasteiger partial charge on any atom is -0.506 e. The van der Waals surface area contributed by atoms with Crippen LogP contribution in [0.2, 0.25) is 5.02 Å². The van der Waals surface area contributed by atoms with E-state index >= 15 is 0 Å². The van der Waals surface area contributed by atoms with Crippen molar-refractivity contribution in [3.05, 3.63) is 87.9 Å². The number of fused-ring (bicyclic) bond motifs is 1. The van der Waals surface area contributed by atoms with Crippen LogP contribution in [-0.4, -0.2) is 22.7 Å². The van der Waals surface area contributed by atoms with Gasteiger partial charge in [0.05, 0.1) is 22.9 Å². The van der Waals surface area contributed by atoms with Gasteiger partial charge in [0, 0.05) is 22.1 Å². The maximum atomic E-state index is 13.7. The van der Waals surface area contributed by atoms with E-state index < -0.39 is 23.3 Å². The van der Waals surface area contributed by atoms with Gasteiger partial charge in [-0.3, -0.25) is 4.79 Å². The average Bonchev–Trinajstić information content (AvgIpc) is 3.52.